The highest BCUT2D eigenvalue weighted by Gasteiger charge is 2.23. The Morgan fingerprint density at radius 1 is 1.12 bits per heavy atom. The molecule has 0 aromatic heterocycles. The van der Waals surface area contributed by atoms with Crippen molar-refractivity contribution in [3.05, 3.63) is 67.7 Å². The number of hydrogen-bond donors (Lipinski definition) is 2. The van der Waals surface area contributed by atoms with Crippen LogP contribution in [0.5, 0.6) is 5.75 Å². The summed E-state index contributed by atoms with van der Waals surface area (Å²) in [6.45, 7) is 0.236. The third kappa shape index (κ3) is 3.95. The van der Waals surface area contributed by atoms with Crippen LogP contribution in [-0.4, -0.2) is 11.9 Å². The van der Waals surface area contributed by atoms with E-state index in [-0.39, 0.29) is 12.3 Å². The quantitative estimate of drug-likeness (QED) is 0.518. The highest BCUT2D eigenvalue weighted by Crippen LogP contribution is 2.36. The minimum atomic E-state index is -0.546. The third-order valence-electron chi connectivity index (χ3n) is 3.56. The summed E-state index contributed by atoms with van der Waals surface area (Å²) in [6.07, 6.45) is 1.56. The fourth-order valence-corrected chi connectivity index (χ4v) is 3.81. The molecule has 1 fully saturated rings. The molecule has 0 spiro atoms. The zero-order chi connectivity index (χ0) is 18.7. The molecule has 3 rings (SSSR count). The van der Waals surface area contributed by atoms with E-state index in [1.165, 1.54) is 0 Å². The first-order valence-electron chi connectivity index (χ1n) is 7.42. The van der Waals surface area contributed by atoms with Gasteiger partial charge in [0.05, 0.1) is 20.6 Å². The molecular formula is C18H11Br2N3O3. The van der Waals surface area contributed by atoms with E-state index < -0.39 is 11.9 Å². The van der Waals surface area contributed by atoms with Crippen LogP contribution in [-0.2, 0) is 11.4 Å². The summed E-state index contributed by atoms with van der Waals surface area (Å²) >= 11 is 6.89. The fraction of sp³-hybridized carbons (Fsp3) is 0.0556. The predicted octanol–water partition coefficient (Wildman–Crippen LogP) is 3.84. The van der Waals surface area contributed by atoms with Gasteiger partial charge in [-0.15, -0.1) is 0 Å². The van der Waals surface area contributed by atoms with E-state index >= 15 is 0 Å². The van der Waals surface area contributed by atoms with Crippen molar-refractivity contribution >= 4 is 49.9 Å². The van der Waals surface area contributed by atoms with Gasteiger partial charge in [-0.25, -0.2) is 4.79 Å². The number of carbonyl (C=O) groups is 2. The lowest BCUT2D eigenvalue weighted by Crippen LogP contribution is -2.22. The van der Waals surface area contributed by atoms with E-state index in [1.54, 1.807) is 30.3 Å². The van der Waals surface area contributed by atoms with E-state index in [1.807, 2.05) is 12.1 Å². The zero-order valence-corrected chi connectivity index (χ0v) is 16.3. The molecule has 0 unspecified atom stereocenters. The molecule has 8 heteroatoms. The number of benzene rings is 2. The van der Waals surface area contributed by atoms with Crippen molar-refractivity contribution < 1.29 is 14.3 Å². The Hall–Kier alpha value is -2.63. The molecule has 0 radical (unpaired) electrons. The van der Waals surface area contributed by atoms with Gasteiger partial charge in [-0.2, -0.15) is 5.26 Å². The van der Waals surface area contributed by atoms with Gasteiger partial charge in [0.15, 0.2) is 0 Å². The van der Waals surface area contributed by atoms with E-state index in [0.717, 1.165) is 5.56 Å². The topological polar surface area (TPSA) is 91.2 Å². The number of rotatable bonds is 4. The molecule has 2 N–H and O–H groups in total. The van der Waals surface area contributed by atoms with Crippen LogP contribution in [0.25, 0.3) is 6.08 Å². The first-order chi connectivity index (χ1) is 12.5. The molecule has 0 saturated carbocycles. The number of carbonyl (C=O) groups excluding carboxylic acids is 2. The van der Waals surface area contributed by atoms with Crippen molar-refractivity contribution in [2.45, 2.75) is 6.61 Å². The maximum absolute atomic E-state index is 11.6. The number of hydrogen-bond acceptors (Lipinski definition) is 4. The molecule has 0 atom stereocenters. The van der Waals surface area contributed by atoms with Crippen LogP contribution in [0.2, 0.25) is 0 Å². The summed E-state index contributed by atoms with van der Waals surface area (Å²) in [5.74, 6) is 0.0930. The highest BCUT2D eigenvalue weighted by molar-refractivity contribution is 9.11. The standard InChI is InChI=1S/C18H11Br2N3O3/c19-13-5-10(7-15-17(24)23-18(25)22-15)6-14(20)16(13)26-9-12-4-2-1-3-11(12)8-21/h1-7H,9H2,(H2,22,23,24,25)/b15-7+. The van der Waals surface area contributed by atoms with Gasteiger partial charge in [0.1, 0.15) is 18.1 Å². The molecule has 0 aliphatic carbocycles. The minimum Gasteiger partial charge on any atom is -0.486 e. The molecule has 0 bridgehead atoms. The van der Waals surface area contributed by atoms with Crippen molar-refractivity contribution in [1.82, 2.24) is 10.6 Å². The second-order valence-electron chi connectivity index (χ2n) is 5.34. The number of nitrogens with zero attached hydrogens (tertiary/aromatic N) is 1. The summed E-state index contributed by atoms with van der Waals surface area (Å²) in [7, 11) is 0. The molecule has 1 saturated heterocycles. The summed E-state index contributed by atoms with van der Waals surface area (Å²) in [5.41, 5.74) is 2.21. The lowest BCUT2D eigenvalue weighted by atomic mass is 10.1. The van der Waals surface area contributed by atoms with Crippen molar-refractivity contribution in [2.24, 2.45) is 0 Å². The lowest BCUT2D eigenvalue weighted by Gasteiger charge is -2.12. The van der Waals surface area contributed by atoms with Gasteiger partial charge in [0, 0.05) is 5.56 Å². The third-order valence-corrected chi connectivity index (χ3v) is 4.74. The van der Waals surface area contributed by atoms with Gasteiger partial charge in [0.25, 0.3) is 5.91 Å². The number of ether oxygens (including phenoxy) is 1. The first kappa shape index (κ1) is 18.2. The van der Waals surface area contributed by atoms with Gasteiger partial charge in [-0.05, 0) is 61.7 Å². The first-order valence-corrected chi connectivity index (χ1v) is 9.00. The molecule has 3 amide bonds. The largest absolute Gasteiger partial charge is 0.486 e. The summed E-state index contributed by atoms with van der Waals surface area (Å²) < 4.78 is 7.17. The van der Waals surface area contributed by atoms with Crippen molar-refractivity contribution in [2.75, 3.05) is 0 Å². The SMILES string of the molecule is N#Cc1ccccc1COc1c(Br)cc(/C=C2/NC(=O)NC2=O)cc1Br. The number of nitrogens with one attached hydrogen (secondary N) is 2. The van der Waals surface area contributed by atoms with Crippen molar-refractivity contribution in [3.8, 4) is 11.8 Å². The molecule has 1 aliphatic heterocycles. The van der Waals surface area contributed by atoms with E-state index in [0.29, 0.717) is 25.8 Å². The number of amides is 3. The monoisotopic (exact) mass is 475 g/mol. The van der Waals surface area contributed by atoms with Gasteiger partial charge in [0.2, 0.25) is 0 Å². The Morgan fingerprint density at radius 3 is 2.42 bits per heavy atom. The average Bonchev–Trinajstić information content (AvgIpc) is 2.91. The summed E-state index contributed by atoms with van der Waals surface area (Å²) in [5, 5.41) is 13.7. The van der Waals surface area contributed by atoms with Crippen LogP contribution in [0.1, 0.15) is 16.7 Å². The zero-order valence-electron chi connectivity index (χ0n) is 13.2. The molecular weight excluding hydrogens is 466 g/mol. The van der Waals surface area contributed by atoms with Gasteiger partial charge >= 0.3 is 6.03 Å². The van der Waals surface area contributed by atoms with Crippen molar-refractivity contribution in [3.63, 3.8) is 0 Å². The van der Waals surface area contributed by atoms with Crippen LogP contribution in [0, 0.1) is 11.3 Å². The highest BCUT2D eigenvalue weighted by atomic mass is 79.9. The Balaban J connectivity index is 1.82. The van der Waals surface area contributed by atoms with Crippen LogP contribution in [0.15, 0.2) is 51.0 Å². The predicted molar refractivity (Wildman–Crippen MR) is 102 cm³/mol. The number of halogens is 2. The molecule has 1 aliphatic rings. The maximum Gasteiger partial charge on any atom is 0.326 e. The average molecular weight is 477 g/mol. The minimum absolute atomic E-state index is 0.172. The number of urea groups is 1. The Labute approximate surface area is 166 Å². The second kappa shape index (κ2) is 7.72. The van der Waals surface area contributed by atoms with Crippen molar-refractivity contribution in [1.29, 1.82) is 5.26 Å². The molecule has 6 nitrogen and oxygen atoms in total. The lowest BCUT2D eigenvalue weighted by molar-refractivity contribution is -0.115. The summed E-state index contributed by atoms with van der Waals surface area (Å²) in [4.78, 5) is 22.8. The van der Waals surface area contributed by atoms with Crippen LogP contribution in [0.3, 0.4) is 0 Å². The van der Waals surface area contributed by atoms with E-state index in [4.69, 9.17) is 10.00 Å². The van der Waals surface area contributed by atoms with Crippen LogP contribution >= 0.6 is 31.9 Å². The van der Waals surface area contributed by atoms with Crippen LogP contribution in [0.4, 0.5) is 4.79 Å². The number of imide groups is 1. The smallest absolute Gasteiger partial charge is 0.326 e. The van der Waals surface area contributed by atoms with Crippen LogP contribution < -0.4 is 15.4 Å². The second-order valence-corrected chi connectivity index (χ2v) is 7.05. The Bertz CT molecular complexity index is 957. The van der Waals surface area contributed by atoms with E-state index in [9.17, 15) is 9.59 Å². The fourth-order valence-electron chi connectivity index (χ4n) is 2.35. The summed E-state index contributed by atoms with van der Waals surface area (Å²) in [6, 6.07) is 12.3. The van der Waals surface area contributed by atoms with Gasteiger partial charge < -0.3 is 10.1 Å². The molecule has 2 aromatic carbocycles. The Kier molecular flexibility index (Phi) is 5.40. The number of nitriles is 1. The molecule has 26 heavy (non-hydrogen) atoms. The van der Waals surface area contributed by atoms with Gasteiger partial charge in [-0.1, -0.05) is 18.2 Å². The molecule has 130 valence electrons. The normalized spacial score (nSPS) is 14.7. The molecule has 2 aromatic rings. The maximum atomic E-state index is 11.6. The molecule has 1 heterocycles. The van der Waals surface area contributed by atoms with Gasteiger partial charge in [-0.3, -0.25) is 10.1 Å². The Morgan fingerprint density at radius 2 is 1.81 bits per heavy atom. The van der Waals surface area contributed by atoms with E-state index in [2.05, 4.69) is 48.6 Å².